The molecule has 1 heterocycles. The van der Waals surface area contributed by atoms with Crippen molar-refractivity contribution in [3.05, 3.63) is 89.6 Å². The van der Waals surface area contributed by atoms with Crippen molar-refractivity contribution in [2.75, 3.05) is 38.5 Å². The van der Waals surface area contributed by atoms with Crippen LogP contribution in [0, 0.1) is 12.3 Å². The number of allylic oxidation sites excluding steroid dienone is 1. The Morgan fingerprint density at radius 3 is 2.11 bits per heavy atom. The Labute approximate surface area is 219 Å². The van der Waals surface area contributed by atoms with Gasteiger partial charge in [0.2, 0.25) is 0 Å². The summed E-state index contributed by atoms with van der Waals surface area (Å²) in [7, 11) is 2.17. The standard InChI is InChI=1S/C22H29N3O.C4H7N.C2H5N.C2H6/c1-4-19-15-21(10-5-17(19)2)23-22(26)20-8-6-18(7-9-20)16-25-13-11-24(3)12-14-25;1-3-4(2)5;1-2-3;1-2/h5-10,15H,4,11-14,16H2,1-3H3,(H,23,26);3H,1-2,5H2;2-3H,1H3;1-2H3. The van der Waals surface area contributed by atoms with E-state index in [4.69, 9.17) is 11.1 Å². The molecule has 1 saturated heterocycles. The zero-order valence-corrected chi connectivity index (χ0v) is 23.2. The van der Waals surface area contributed by atoms with Crippen LogP contribution in [0.3, 0.4) is 0 Å². The van der Waals surface area contributed by atoms with E-state index in [1.807, 2.05) is 32.0 Å². The molecular weight excluding hydrogens is 446 g/mol. The van der Waals surface area contributed by atoms with Gasteiger partial charge >= 0.3 is 0 Å². The number of benzene rings is 2. The van der Waals surface area contributed by atoms with Crippen LogP contribution in [-0.4, -0.2) is 55.1 Å². The van der Waals surface area contributed by atoms with Gasteiger partial charge in [-0.3, -0.25) is 9.69 Å². The molecule has 6 nitrogen and oxygen atoms in total. The van der Waals surface area contributed by atoms with Gasteiger partial charge in [0.1, 0.15) is 0 Å². The third-order valence-electron chi connectivity index (χ3n) is 5.47. The summed E-state index contributed by atoms with van der Waals surface area (Å²) in [4.78, 5) is 17.3. The Morgan fingerprint density at radius 1 is 1.11 bits per heavy atom. The Kier molecular flexibility index (Phi) is 17.3. The third-order valence-corrected chi connectivity index (χ3v) is 5.47. The van der Waals surface area contributed by atoms with Gasteiger partial charge in [0.05, 0.1) is 0 Å². The molecule has 0 bridgehead atoms. The third kappa shape index (κ3) is 13.0. The van der Waals surface area contributed by atoms with Crippen LogP contribution >= 0.6 is 0 Å². The summed E-state index contributed by atoms with van der Waals surface area (Å²) in [6, 6.07) is 14.1. The molecule has 0 aliphatic carbocycles. The molecule has 6 heteroatoms. The fourth-order valence-electron chi connectivity index (χ4n) is 3.36. The lowest BCUT2D eigenvalue weighted by molar-refractivity contribution is 0.102. The second kappa shape index (κ2) is 19.0. The van der Waals surface area contributed by atoms with Gasteiger partial charge < -0.3 is 21.4 Å². The summed E-state index contributed by atoms with van der Waals surface area (Å²) >= 11 is 0. The van der Waals surface area contributed by atoms with Crippen LogP contribution in [0.15, 0.2) is 67.4 Å². The molecule has 0 unspecified atom stereocenters. The summed E-state index contributed by atoms with van der Waals surface area (Å²) < 4.78 is 0. The lowest BCUT2D eigenvalue weighted by Crippen LogP contribution is -2.43. The number of aryl methyl sites for hydroxylation is 2. The van der Waals surface area contributed by atoms with Gasteiger partial charge in [-0.2, -0.15) is 0 Å². The zero-order chi connectivity index (χ0) is 27.5. The van der Waals surface area contributed by atoms with Gasteiger partial charge in [-0.05, 0) is 80.6 Å². The minimum atomic E-state index is -0.0537. The molecule has 0 radical (unpaired) electrons. The first-order chi connectivity index (χ1) is 17.2. The van der Waals surface area contributed by atoms with E-state index in [-0.39, 0.29) is 5.91 Å². The molecule has 198 valence electrons. The van der Waals surface area contributed by atoms with Crippen LogP contribution in [0.4, 0.5) is 5.69 Å². The SMILES string of the molecule is C=CC(=C)N.CC.CC=N.CCc1cc(NC(=O)c2ccc(CN3CCN(C)CC3)cc2)ccc1C. The van der Waals surface area contributed by atoms with E-state index in [9.17, 15) is 4.79 Å². The Bertz CT molecular complexity index is 929. The van der Waals surface area contributed by atoms with Gasteiger partial charge in [0.15, 0.2) is 0 Å². The van der Waals surface area contributed by atoms with Crippen LogP contribution in [0.5, 0.6) is 0 Å². The fraction of sp³-hybridized carbons (Fsp3) is 0.400. The second-order valence-electron chi connectivity index (χ2n) is 8.29. The van der Waals surface area contributed by atoms with Gasteiger partial charge in [-0.15, -0.1) is 0 Å². The van der Waals surface area contributed by atoms with Crippen molar-refractivity contribution in [2.45, 2.75) is 47.6 Å². The molecule has 0 atom stereocenters. The molecule has 4 N–H and O–H groups in total. The Balaban J connectivity index is 0.00000106. The number of carbonyl (C=O) groups is 1. The number of nitrogens with two attached hydrogens (primary N) is 1. The highest BCUT2D eigenvalue weighted by atomic mass is 16.1. The van der Waals surface area contributed by atoms with Crippen LogP contribution < -0.4 is 11.1 Å². The van der Waals surface area contributed by atoms with E-state index in [0.29, 0.717) is 11.3 Å². The highest BCUT2D eigenvalue weighted by Gasteiger charge is 2.14. The summed E-state index contributed by atoms with van der Waals surface area (Å²) in [5.41, 5.74) is 10.8. The highest BCUT2D eigenvalue weighted by molar-refractivity contribution is 6.04. The van der Waals surface area contributed by atoms with Crippen LogP contribution in [0.25, 0.3) is 0 Å². The molecular formula is C30H47N5O. The van der Waals surface area contributed by atoms with E-state index in [0.717, 1.165) is 44.8 Å². The maximum absolute atomic E-state index is 12.5. The van der Waals surface area contributed by atoms with E-state index in [1.165, 1.54) is 29.0 Å². The largest absolute Gasteiger partial charge is 0.399 e. The van der Waals surface area contributed by atoms with Crippen molar-refractivity contribution < 1.29 is 4.79 Å². The number of anilines is 1. The molecule has 1 amide bonds. The monoisotopic (exact) mass is 493 g/mol. The molecule has 1 fully saturated rings. The Hall–Kier alpha value is -3.22. The number of amides is 1. The topological polar surface area (TPSA) is 85.4 Å². The van der Waals surface area contributed by atoms with Crippen LogP contribution in [-0.2, 0) is 13.0 Å². The van der Waals surface area contributed by atoms with E-state index < -0.39 is 0 Å². The summed E-state index contributed by atoms with van der Waals surface area (Å²) in [6.07, 6.45) is 3.72. The second-order valence-corrected chi connectivity index (χ2v) is 8.29. The van der Waals surface area contributed by atoms with Crippen molar-refractivity contribution in [2.24, 2.45) is 5.73 Å². The first kappa shape index (κ1) is 32.8. The van der Waals surface area contributed by atoms with Gasteiger partial charge in [0, 0.05) is 49.7 Å². The normalized spacial score (nSPS) is 12.8. The predicted molar refractivity (Wildman–Crippen MR) is 157 cm³/mol. The number of hydrogen-bond acceptors (Lipinski definition) is 5. The van der Waals surface area contributed by atoms with Crippen molar-refractivity contribution in [1.82, 2.24) is 9.80 Å². The van der Waals surface area contributed by atoms with Crippen LogP contribution in [0.2, 0.25) is 0 Å². The molecule has 0 saturated carbocycles. The summed E-state index contributed by atoms with van der Waals surface area (Å²) in [6.45, 7) is 22.0. The average Bonchev–Trinajstić information content (AvgIpc) is 2.89. The number of carbonyl (C=O) groups excluding carboxylic acids is 1. The van der Waals surface area contributed by atoms with E-state index in [1.54, 1.807) is 6.92 Å². The quantitative estimate of drug-likeness (QED) is 0.346. The van der Waals surface area contributed by atoms with Gasteiger partial charge in [0.25, 0.3) is 5.91 Å². The summed E-state index contributed by atoms with van der Waals surface area (Å²) in [5.74, 6) is -0.0537. The minimum Gasteiger partial charge on any atom is -0.399 e. The predicted octanol–water partition coefficient (Wildman–Crippen LogP) is 5.88. The molecule has 0 aromatic heterocycles. The number of nitrogens with zero attached hydrogens (tertiary/aromatic N) is 2. The van der Waals surface area contributed by atoms with Crippen molar-refractivity contribution in [3.63, 3.8) is 0 Å². The maximum atomic E-state index is 12.5. The van der Waals surface area contributed by atoms with Gasteiger partial charge in [-0.1, -0.05) is 52.1 Å². The van der Waals surface area contributed by atoms with E-state index in [2.05, 4.69) is 73.4 Å². The van der Waals surface area contributed by atoms with E-state index >= 15 is 0 Å². The smallest absolute Gasteiger partial charge is 0.255 e. The number of piperazine rings is 1. The van der Waals surface area contributed by atoms with Crippen molar-refractivity contribution >= 4 is 17.8 Å². The van der Waals surface area contributed by atoms with Crippen molar-refractivity contribution in [1.29, 1.82) is 5.41 Å². The number of likely N-dealkylation sites (N-methyl/N-ethyl adjacent to an activating group) is 1. The maximum Gasteiger partial charge on any atom is 0.255 e. The molecule has 2 aromatic carbocycles. The summed E-state index contributed by atoms with van der Waals surface area (Å²) in [5, 5.41) is 9.09. The molecule has 1 aliphatic rings. The first-order valence-corrected chi connectivity index (χ1v) is 12.7. The number of nitrogens with one attached hydrogen (secondary N) is 2. The molecule has 0 spiro atoms. The minimum absolute atomic E-state index is 0.0537. The van der Waals surface area contributed by atoms with Crippen LogP contribution in [0.1, 0.15) is 54.7 Å². The fourth-order valence-corrected chi connectivity index (χ4v) is 3.36. The number of hydrogen-bond donors (Lipinski definition) is 3. The average molecular weight is 494 g/mol. The van der Waals surface area contributed by atoms with Crippen molar-refractivity contribution in [3.8, 4) is 0 Å². The molecule has 1 aliphatic heterocycles. The zero-order valence-electron chi connectivity index (χ0n) is 23.2. The number of rotatable bonds is 6. The lowest BCUT2D eigenvalue weighted by Gasteiger charge is -2.32. The molecule has 2 aromatic rings. The first-order valence-electron chi connectivity index (χ1n) is 12.7. The highest BCUT2D eigenvalue weighted by Crippen LogP contribution is 2.17. The lowest BCUT2D eigenvalue weighted by atomic mass is 10.1. The molecule has 36 heavy (non-hydrogen) atoms. The Morgan fingerprint density at radius 2 is 1.64 bits per heavy atom. The van der Waals surface area contributed by atoms with Gasteiger partial charge in [-0.25, -0.2) is 0 Å². The molecule has 3 rings (SSSR count).